The Hall–Kier alpha value is -3.01. The van der Waals surface area contributed by atoms with E-state index in [4.69, 9.17) is 14.7 Å². The first kappa shape index (κ1) is 25.3. The monoisotopic (exact) mass is 518 g/mol. The van der Waals surface area contributed by atoms with Gasteiger partial charge in [0.1, 0.15) is 12.4 Å². The highest BCUT2D eigenvalue weighted by Crippen LogP contribution is 2.42. The van der Waals surface area contributed by atoms with Gasteiger partial charge < -0.3 is 24.5 Å². The summed E-state index contributed by atoms with van der Waals surface area (Å²) in [6.45, 7) is 8.40. The predicted molar refractivity (Wildman–Crippen MR) is 145 cm³/mol. The third kappa shape index (κ3) is 4.67. The number of hydrogen-bond donors (Lipinski definition) is 1. The maximum atomic E-state index is 12.4. The molecule has 1 unspecified atom stereocenters. The fourth-order valence-electron chi connectivity index (χ4n) is 6.67. The highest BCUT2D eigenvalue weighted by Gasteiger charge is 2.37. The lowest BCUT2D eigenvalue weighted by molar-refractivity contribution is -0.129. The van der Waals surface area contributed by atoms with Crippen molar-refractivity contribution in [1.29, 1.82) is 0 Å². The Morgan fingerprint density at radius 2 is 2.03 bits per heavy atom. The van der Waals surface area contributed by atoms with Crippen LogP contribution in [0.4, 0.5) is 5.82 Å². The summed E-state index contributed by atoms with van der Waals surface area (Å²) in [4.78, 5) is 31.0. The number of likely N-dealkylation sites (tertiary alicyclic amines) is 1. The summed E-state index contributed by atoms with van der Waals surface area (Å²) in [5.41, 5.74) is 5.03. The van der Waals surface area contributed by atoms with Crippen molar-refractivity contribution in [3.8, 4) is 6.01 Å². The van der Waals surface area contributed by atoms with Crippen LogP contribution in [0.5, 0.6) is 6.01 Å². The molecular weight excluding hydrogens is 480 g/mol. The van der Waals surface area contributed by atoms with Crippen molar-refractivity contribution in [1.82, 2.24) is 24.7 Å². The van der Waals surface area contributed by atoms with E-state index >= 15 is 0 Å². The van der Waals surface area contributed by atoms with Crippen molar-refractivity contribution >= 4 is 11.7 Å². The lowest BCUT2D eigenvalue weighted by Crippen LogP contribution is -2.56. The summed E-state index contributed by atoms with van der Waals surface area (Å²) in [5, 5.41) is 10.1. The molecule has 202 valence electrons. The van der Waals surface area contributed by atoms with Gasteiger partial charge in [0.2, 0.25) is 5.91 Å². The van der Waals surface area contributed by atoms with Crippen LogP contribution in [-0.4, -0.2) is 94.2 Å². The van der Waals surface area contributed by atoms with Crippen LogP contribution in [0.15, 0.2) is 36.9 Å². The Balaban J connectivity index is 1.28. The first-order chi connectivity index (χ1) is 18.6. The van der Waals surface area contributed by atoms with E-state index in [1.807, 2.05) is 0 Å². The first-order valence-corrected chi connectivity index (χ1v) is 13.9. The van der Waals surface area contributed by atoms with E-state index in [1.165, 1.54) is 23.6 Å². The average molecular weight is 519 g/mol. The SMILES string of the molecule is C=CC(=O)N1CCN(c2nc(OC[C@@H]3CCCN3C)nc3c2CN(C2CCc4ccccc42)C3)C[C@@H]1CO. The molecule has 2 saturated heterocycles. The van der Waals surface area contributed by atoms with Gasteiger partial charge in [-0.2, -0.15) is 9.97 Å². The topological polar surface area (TPSA) is 85.3 Å². The van der Waals surface area contributed by atoms with Gasteiger partial charge in [0.15, 0.2) is 0 Å². The van der Waals surface area contributed by atoms with Crippen LogP contribution >= 0.6 is 0 Å². The summed E-state index contributed by atoms with van der Waals surface area (Å²) < 4.78 is 6.23. The van der Waals surface area contributed by atoms with Gasteiger partial charge in [-0.1, -0.05) is 30.8 Å². The number of rotatable bonds is 7. The second-order valence-corrected chi connectivity index (χ2v) is 11.0. The molecular formula is C29H38N6O3. The van der Waals surface area contributed by atoms with Crippen molar-refractivity contribution < 1.29 is 14.6 Å². The quantitative estimate of drug-likeness (QED) is 0.559. The zero-order valence-corrected chi connectivity index (χ0v) is 22.3. The number of carbonyl (C=O) groups excluding carboxylic acids is 1. The van der Waals surface area contributed by atoms with Crippen LogP contribution in [0.25, 0.3) is 0 Å². The summed E-state index contributed by atoms with van der Waals surface area (Å²) in [6.07, 6.45) is 5.86. The molecule has 38 heavy (non-hydrogen) atoms. The fraction of sp³-hybridized carbons (Fsp3) is 0.552. The molecule has 0 radical (unpaired) electrons. The number of aryl methyl sites for hydroxylation is 1. The van der Waals surface area contributed by atoms with E-state index < -0.39 is 0 Å². The van der Waals surface area contributed by atoms with Crippen molar-refractivity contribution in [2.24, 2.45) is 0 Å². The number of aromatic nitrogens is 2. The molecule has 3 atom stereocenters. The minimum absolute atomic E-state index is 0.105. The zero-order chi connectivity index (χ0) is 26.2. The number of nitrogens with zero attached hydrogens (tertiary/aromatic N) is 6. The summed E-state index contributed by atoms with van der Waals surface area (Å²) in [5.74, 6) is 0.732. The van der Waals surface area contributed by atoms with E-state index in [2.05, 4.69) is 52.6 Å². The Bertz CT molecular complexity index is 1200. The highest BCUT2D eigenvalue weighted by atomic mass is 16.5. The molecule has 1 aliphatic carbocycles. The molecule has 6 rings (SSSR count). The lowest BCUT2D eigenvalue weighted by Gasteiger charge is -2.41. The largest absolute Gasteiger partial charge is 0.462 e. The number of anilines is 1. The molecule has 0 bridgehead atoms. The number of amides is 1. The van der Waals surface area contributed by atoms with E-state index in [-0.39, 0.29) is 18.6 Å². The molecule has 2 aromatic rings. The molecule has 1 aromatic heterocycles. The summed E-state index contributed by atoms with van der Waals surface area (Å²) in [6, 6.07) is 9.64. The van der Waals surface area contributed by atoms with Crippen LogP contribution in [0.1, 0.15) is 47.7 Å². The second kappa shape index (κ2) is 10.6. The maximum Gasteiger partial charge on any atom is 0.318 e. The Morgan fingerprint density at radius 1 is 1.16 bits per heavy atom. The maximum absolute atomic E-state index is 12.4. The normalized spacial score (nSPS) is 25.5. The molecule has 1 N–H and O–H groups in total. The zero-order valence-electron chi connectivity index (χ0n) is 22.3. The van der Waals surface area contributed by atoms with Gasteiger partial charge in [-0.15, -0.1) is 0 Å². The minimum atomic E-state index is -0.310. The van der Waals surface area contributed by atoms with Gasteiger partial charge in [0.25, 0.3) is 0 Å². The van der Waals surface area contributed by atoms with Gasteiger partial charge in [0.05, 0.1) is 18.3 Å². The van der Waals surface area contributed by atoms with Crippen molar-refractivity contribution in [3.05, 3.63) is 59.3 Å². The van der Waals surface area contributed by atoms with Gasteiger partial charge in [-0.3, -0.25) is 9.69 Å². The minimum Gasteiger partial charge on any atom is -0.462 e. The van der Waals surface area contributed by atoms with E-state index in [0.29, 0.717) is 44.3 Å². The Morgan fingerprint density at radius 3 is 2.82 bits per heavy atom. The average Bonchev–Trinajstić information content (AvgIpc) is 3.68. The number of carbonyl (C=O) groups is 1. The predicted octanol–water partition coefficient (Wildman–Crippen LogP) is 2.15. The van der Waals surface area contributed by atoms with Crippen molar-refractivity contribution in [2.75, 3.05) is 51.3 Å². The molecule has 4 aliphatic rings. The Kier molecular flexibility index (Phi) is 7.07. The van der Waals surface area contributed by atoms with E-state index in [0.717, 1.165) is 56.0 Å². The second-order valence-electron chi connectivity index (χ2n) is 11.0. The number of benzene rings is 1. The number of piperazine rings is 1. The van der Waals surface area contributed by atoms with Crippen LogP contribution in [0, 0.1) is 0 Å². The molecule has 2 fully saturated rings. The van der Waals surface area contributed by atoms with Crippen LogP contribution in [0.2, 0.25) is 0 Å². The molecule has 1 amide bonds. The molecule has 1 aromatic carbocycles. The van der Waals surface area contributed by atoms with E-state index in [1.54, 1.807) is 4.90 Å². The molecule has 9 heteroatoms. The number of aliphatic hydroxyl groups excluding tert-OH is 1. The smallest absolute Gasteiger partial charge is 0.318 e. The third-order valence-corrected chi connectivity index (χ3v) is 8.83. The van der Waals surface area contributed by atoms with Gasteiger partial charge in [-0.25, -0.2) is 0 Å². The molecule has 4 heterocycles. The number of aliphatic hydroxyl groups is 1. The van der Waals surface area contributed by atoms with Crippen molar-refractivity contribution in [3.63, 3.8) is 0 Å². The highest BCUT2D eigenvalue weighted by molar-refractivity contribution is 5.87. The third-order valence-electron chi connectivity index (χ3n) is 8.83. The lowest BCUT2D eigenvalue weighted by atomic mass is 10.1. The number of fused-ring (bicyclic) bond motifs is 2. The van der Waals surface area contributed by atoms with Gasteiger partial charge >= 0.3 is 6.01 Å². The molecule has 9 nitrogen and oxygen atoms in total. The standard InChI is InChI=1S/C29H38N6O3/c1-3-27(37)35-14-13-33(15-22(35)18-36)28-24-16-34(26-11-10-20-7-4-5-9-23(20)26)17-25(24)30-29(31-28)38-19-21-8-6-12-32(21)2/h3-5,7,9,21-22,26,36H,1,6,8,10-19H2,2H3/t21-,22+,26?/m0/s1. The molecule has 0 saturated carbocycles. The van der Waals surface area contributed by atoms with Crippen LogP contribution in [0.3, 0.4) is 0 Å². The van der Waals surface area contributed by atoms with E-state index in [9.17, 15) is 9.90 Å². The van der Waals surface area contributed by atoms with Gasteiger partial charge in [-0.05, 0) is 56.5 Å². The van der Waals surface area contributed by atoms with Crippen LogP contribution in [-0.2, 0) is 24.3 Å². The fourth-order valence-corrected chi connectivity index (χ4v) is 6.67. The van der Waals surface area contributed by atoms with Crippen molar-refractivity contribution in [2.45, 2.75) is 56.9 Å². The number of likely N-dealkylation sites (N-methyl/N-ethyl adjacent to an activating group) is 1. The summed E-state index contributed by atoms with van der Waals surface area (Å²) >= 11 is 0. The Labute approximate surface area is 224 Å². The molecule has 3 aliphatic heterocycles. The number of hydrogen-bond acceptors (Lipinski definition) is 8. The van der Waals surface area contributed by atoms with Gasteiger partial charge in [0, 0.05) is 50.4 Å². The summed E-state index contributed by atoms with van der Waals surface area (Å²) in [7, 11) is 2.15. The number of ether oxygens (including phenoxy) is 1. The van der Waals surface area contributed by atoms with Crippen LogP contribution < -0.4 is 9.64 Å². The molecule has 0 spiro atoms. The first-order valence-electron chi connectivity index (χ1n) is 13.9.